The van der Waals surface area contributed by atoms with E-state index >= 15 is 0 Å². The molecule has 0 bridgehead atoms. The molecule has 0 unspecified atom stereocenters. The quantitative estimate of drug-likeness (QED) is 0.819. The van der Waals surface area contributed by atoms with E-state index in [2.05, 4.69) is 6.58 Å². The maximum Gasteiger partial charge on any atom is 0.328 e. The number of carboxylic acids is 1. The van der Waals surface area contributed by atoms with Crippen LogP contribution >= 0.6 is 11.6 Å². The number of aliphatic carboxylic acids is 1. The average Bonchev–Trinajstić information content (AvgIpc) is 2.24. The third-order valence-corrected chi connectivity index (χ3v) is 2.06. The number of rotatable bonds is 5. The van der Waals surface area contributed by atoms with Crippen molar-refractivity contribution < 1.29 is 14.6 Å². The molecule has 0 saturated carbocycles. The van der Waals surface area contributed by atoms with Crippen LogP contribution in [0, 0.1) is 6.92 Å². The van der Waals surface area contributed by atoms with E-state index in [0.717, 1.165) is 11.6 Å². The topological polar surface area (TPSA) is 46.5 Å². The first-order valence-corrected chi connectivity index (χ1v) is 5.34. The second-order valence-corrected chi connectivity index (χ2v) is 4.05. The summed E-state index contributed by atoms with van der Waals surface area (Å²) in [4.78, 5) is 10.5. The standard InChI is InChI=1S/C13H13ClO3/c1-9-3-5-12(17-8-10(2)14)11(7-9)4-6-13(15)16/h3-7H,2,8H2,1H3,(H,15,16). The van der Waals surface area contributed by atoms with Crippen LogP contribution < -0.4 is 4.74 Å². The molecule has 0 saturated heterocycles. The van der Waals surface area contributed by atoms with Gasteiger partial charge in [0.25, 0.3) is 0 Å². The van der Waals surface area contributed by atoms with Crippen molar-refractivity contribution >= 4 is 23.6 Å². The fourth-order valence-electron chi connectivity index (χ4n) is 1.25. The number of benzene rings is 1. The summed E-state index contributed by atoms with van der Waals surface area (Å²) >= 11 is 5.61. The van der Waals surface area contributed by atoms with Crippen LogP contribution in [-0.2, 0) is 4.79 Å². The Morgan fingerprint density at radius 1 is 1.59 bits per heavy atom. The van der Waals surface area contributed by atoms with Gasteiger partial charge >= 0.3 is 5.97 Å². The van der Waals surface area contributed by atoms with Crippen LogP contribution in [0.5, 0.6) is 5.75 Å². The molecule has 0 heterocycles. The molecule has 0 aliphatic heterocycles. The number of ether oxygens (including phenoxy) is 1. The van der Waals surface area contributed by atoms with Crippen molar-refractivity contribution in [3.63, 3.8) is 0 Å². The van der Waals surface area contributed by atoms with E-state index in [1.807, 2.05) is 19.1 Å². The molecule has 4 heteroatoms. The number of halogens is 1. The minimum absolute atomic E-state index is 0.193. The highest BCUT2D eigenvalue weighted by atomic mass is 35.5. The van der Waals surface area contributed by atoms with E-state index < -0.39 is 5.97 Å². The van der Waals surface area contributed by atoms with Gasteiger partial charge in [0, 0.05) is 16.7 Å². The summed E-state index contributed by atoms with van der Waals surface area (Å²) in [6.45, 7) is 5.63. The second kappa shape index (κ2) is 6.11. The third-order valence-electron chi connectivity index (χ3n) is 1.96. The van der Waals surface area contributed by atoms with Gasteiger partial charge in [0.15, 0.2) is 0 Å². The summed E-state index contributed by atoms with van der Waals surface area (Å²) in [5.74, 6) is -0.422. The van der Waals surface area contributed by atoms with Crippen LogP contribution in [0.1, 0.15) is 11.1 Å². The summed E-state index contributed by atoms with van der Waals surface area (Å²) in [6.07, 6.45) is 2.55. The van der Waals surface area contributed by atoms with E-state index in [9.17, 15) is 4.79 Å². The Morgan fingerprint density at radius 3 is 2.88 bits per heavy atom. The van der Waals surface area contributed by atoms with E-state index in [1.165, 1.54) is 6.08 Å². The second-order valence-electron chi connectivity index (χ2n) is 3.52. The highest BCUT2D eigenvalue weighted by Gasteiger charge is 2.02. The smallest absolute Gasteiger partial charge is 0.328 e. The molecular formula is C13H13ClO3. The van der Waals surface area contributed by atoms with Gasteiger partial charge in [-0.2, -0.15) is 0 Å². The number of hydrogen-bond donors (Lipinski definition) is 1. The van der Waals surface area contributed by atoms with Crippen LogP contribution in [0.2, 0.25) is 0 Å². The number of carboxylic acid groups (broad SMARTS) is 1. The Hall–Kier alpha value is -1.74. The van der Waals surface area contributed by atoms with Crippen molar-refractivity contribution in [3.8, 4) is 5.75 Å². The van der Waals surface area contributed by atoms with Gasteiger partial charge in [-0.25, -0.2) is 4.79 Å². The van der Waals surface area contributed by atoms with Gasteiger partial charge in [0.1, 0.15) is 12.4 Å². The molecule has 1 rings (SSSR count). The molecule has 0 amide bonds. The van der Waals surface area contributed by atoms with Gasteiger partial charge < -0.3 is 9.84 Å². The Labute approximate surface area is 105 Å². The maximum atomic E-state index is 10.5. The lowest BCUT2D eigenvalue weighted by Crippen LogP contribution is -1.98. The Bertz CT molecular complexity index is 464. The molecule has 1 aromatic carbocycles. The van der Waals surface area contributed by atoms with Crippen LogP contribution in [0.4, 0.5) is 0 Å². The van der Waals surface area contributed by atoms with Crippen LogP contribution in [0.25, 0.3) is 6.08 Å². The van der Waals surface area contributed by atoms with Gasteiger partial charge in [0.05, 0.1) is 0 Å². The van der Waals surface area contributed by atoms with Crippen molar-refractivity contribution in [2.24, 2.45) is 0 Å². The van der Waals surface area contributed by atoms with Gasteiger partial charge in [-0.3, -0.25) is 0 Å². The zero-order valence-corrected chi connectivity index (χ0v) is 10.2. The normalized spacial score (nSPS) is 10.5. The van der Waals surface area contributed by atoms with Crippen LogP contribution in [0.15, 0.2) is 35.9 Å². The van der Waals surface area contributed by atoms with Gasteiger partial charge in [-0.05, 0) is 25.1 Å². The fraction of sp³-hybridized carbons (Fsp3) is 0.154. The number of aryl methyl sites for hydroxylation is 1. The highest BCUT2D eigenvalue weighted by Crippen LogP contribution is 2.22. The van der Waals surface area contributed by atoms with E-state index in [0.29, 0.717) is 16.3 Å². The summed E-state index contributed by atoms with van der Waals surface area (Å²) in [5, 5.41) is 8.98. The minimum Gasteiger partial charge on any atom is -0.487 e. The zero-order valence-electron chi connectivity index (χ0n) is 9.44. The summed E-state index contributed by atoms with van der Waals surface area (Å²) in [6, 6.07) is 5.49. The van der Waals surface area contributed by atoms with Gasteiger partial charge in [-0.1, -0.05) is 29.8 Å². The molecule has 0 radical (unpaired) electrons. The molecule has 0 atom stereocenters. The fourth-order valence-corrected chi connectivity index (χ4v) is 1.30. The largest absolute Gasteiger partial charge is 0.487 e. The van der Waals surface area contributed by atoms with E-state index in [1.54, 1.807) is 6.07 Å². The average molecular weight is 253 g/mol. The number of carbonyl (C=O) groups is 1. The van der Waals surface area contributed by atoms with Crippen molar-refractivity contribution in [2.75, 3.05) is 6.61 Å². The Kier molecular flexibility index (Phi) is 4.79. The first-order chi connectivity index (χ1) is 7.99. The van der Waals surface area contributed by atoms with E-state index in [-0.39, 0.29) is 6.61 Å². The van der Waals surface area contributed by atoms with Gasteiger partial charge in [0.2, 0.25) is 0 Å². The first kappa shape index (κ1) is 13.3. The summed E-state index contributed by atoms with van der Waals surface area (Å²) < 4.78 is 5.41. The molecule has 0 fully saturated rings. The van der Waals surface area contributed by atoms with Crippen molar-refractivity contribution in [1.29, 1.82) is 0 Å². The molecule has 0 aromatic heterocycles. The SMILES string of the molecule is C=C(Cl)COc1ccc(C)cc1C=CC(=O)O. The summed E-state index contributed by atoms with van der Waals surface area (Å²) in [5.41, 5.74) is 1.72. The van der Waals surface area contributed by atoms with E-state index in [4.69, 9.17) is 21.4 Å². The predicted octanol–water partition coefficient (Wildman–Crippen LogP) is 3.22. The van der Waals surface area contributed by atoms with Crippen molar-refractivity contribution in [1.82, 2.24) is 0 Å². The Morgan fingerprint density at radius 2 is 2.29 bits per heavy atom. The molecule has 1 N–H and O–H groups in total. The molecule has 0 aliphatic rings. The monoisotopic (exact) mass is 252 g/mol. The highest BCUT2D eigenvalue weighted by molar-refractivity contribution is 6.29. The molecule has 90 valence electrons. The predicted molar refractivity (Wildman–Crippen MR) is 68.3 cm³/mol. The lowest BCUT2D eigenvalue weighted by atomic mass is 10.1. The maximum absolute atomic E-state index is 10.5. The first-order valence-electron chi connectivity index (χ1n) is 4.97. The van der Waals surface area contributed by atoms with Crippen LogP contribution in [-0.4, -0.2) is 17.7 Å². The molecule has 0 spiro atoms. The molecular weight excluding hydrogens is 240 g/mol. The molecule has 3 nitrogen and oxygen atoms in total. The molecule has 1 aromatic rings. The lowest BCUT2D eigenvalue weighted by molar-refractivity contribution is -0.131. The Balaban J connectivity index is 2.95. The van der Waals surface area contributed by atoms with Gasteiger partial charge in [-0.15, -0.1) is 0 Å². The zero-order chi connectivity index (χ0) is 12.8. The molecule has 17 heavy (non-hydrogen) atoms. The minimum atomic E-state index is -1.00. The molecule has 0 aliphatic carbocycles. The van der Waals surface area contributed by atoms with Crippen LogP contribution in [0.3, 0.4) is 0 Å². The number of hydrogen-bond acceptors (Lipinski definition) is 2. The summed E-state index contributed by atoms with van der Waals surface area (Å²) in [7, 11) is 0. The van der Waals surface area contributed by atoms with Crippen molar-refractivity contribution in [3.05, 3.63) is 47.0 Å². The third kappa shape index (κ3) is 4.74. The van der Waals surface area contributed by atoms with Crippen molar-refractivity contribution in [2.45, 2.75) is 6.92 Å². The lowest BCUT2D eigenvalue weighted by Gasteiger charge is -2.09.